The summed E-state index contributed by atoms with van der Waals surface area (Å²) in [6, 6.07) is 10.7. The molecule has 0 atom stereocenters. The molecule has 3 aromatic rings. The second kappa shape index (κ2) is 5.16. The minimum Gasteiger partial charge on any atom is -0.466 e. The Bertz CT molecular complexity index is 856. The second-order valence-electron chi connectivity index (χ2n) is 5.94. The maximum atomic E-state index is 11.8. The number of hydrogen-bond acceptors (Lipinski definition) is 3. The van der Waals surface area contributed by atoms with Crippen molar-refractivity contribution < 1.29 is 13.9 Å². The molecule has 0 bridgehead atoms. The second-order valence-corrected chi connectivity index (χ2v) is 5.94. The van der Waals surface area contributed by atoms with Crippen LogP contribution in [0.25, 0.3) is 21.7 Å². The fourth-order valence-corrected chi connectivity index (χ4v) is 3.12. The number of ether oxygens (including phenoxy) is 1. The van der Waals surface area contributed by atoms with Gasteiger partial charge in [-0.15, -0.1) is 0 Å². The third-order valence-electron chi connectivity index (χ3n) is 4.34. The number of carbonyl (C=O) groups excluding carboxylic acids is 1. The predicted molar refractivity (Wildman–Crippen MR) is 86.0 cm³/mol. The van der Waals surface area contributed by atoms with Gasteiger partial charge in [-0.25, -0.2) is 0 Å². The van der Waals surface area contributed by atoms with E-state index in [9.17, 15) is 4.79 Å². The molecule has 0 radical (unpaired) electrons. The van der Waals surface area contributed by atoms with Gasteiger partial charge < -0.3 is 9.15 Å². The van der Waals surface area contributed by atoms with Gasteiger partial charge in [0.25, 0.3) is 0 Å². The Balaban J connectivity index is 1.82. The molecule has 0 N–H and O–H groups in total. The van der Waals surface area contributed by atoms with Gasteiger partial charge in [-0.2, -0.15) is 0 Å². The fraction of sp³-hybridized carbons (Fsp3) is 0.316. The molecule has 4 rings (SSSR count). The summed E-state index contributed by atoms with van der Waals surface area (Å²) in [6.45, 7) is 2.22. The highest BCUT2D eigenvalue weighted by atomic mass is 16.5. The van der Waals surface area contributed by atoms with Crippen LogP contribution in [0.1, 0.15) is 36.8 Å². The van der Waals surface area contributed by atoms with Crippen LogP contribution < -0.4 is 0 Å². The lowest BCUT2D eigenvalue weighted by atomic mass is 9.99. The highest BCUT2D eigenvalue weighted by Gasteiger charge is 2.23. The van der Waals surface area contributed by atoms with Gasteiger partial charge in [-0.3, -0.25) is 4.79 Å². The Morgan fingerprint density at radius 3 is 2.91 bits per heavy atom. The molecule has 22 heavy (non-hydrogen) atoms. The molecule has 2 aromatic carbocycles. The normalized spacial score (nSPS) is 14.6. The molecule has 3 nitrogen and oxygen atoms in total. The van der Waals surface area contributed by atoms with E-state index >= 15 is 0 Å². The van der Waals surface area contributed by atoms with Crippen LogP contribution in [0, 0.1) is 0 Å². The highest BCUT2D eigenvalue weighted by molar-refractivity contribution is 6.08. The van der Waals surface area contributed by atoms with Crippen LogP contribution in [0.3, 0.4) is 0 Å². The number of esters is 1. The fourth-order valence-electron chi connectivity index (χ4n) is 3.12. The minimum atomic E-state index is -0.211. The molecule has 1 saturated carbocycles. The molecule has 1 fully saturated rings. The van der Waals surface area contributed by atoms with Crippen molar-refractivity contribution in [1.29, 1.82) is 0 Å². The molecule has 0 amide bonds. The molecule has 1 aliphatic carbocycles. The molecule has 0 saturated heterocycles. The van der Waals surface area contributed by atoms with Crippen LogP contribution in [0.5, 0.6) is 0 Å². The van der Waals surface area contributed by atoms with Gasteiger partial charge >= 0.3 is 5.97 Å². The quantitative estimate of drug-likeness (QED) is 0.662. The monoisotopic (exact) mass is 294 g/mol. The van der Waals surface area contributed by atoms with Crippen LogP contribution in [0.4, 0.5) is 0 Å². The van der Waals surface area contributed by atoms with Crippen LogP contribution in [0.2, 0.25) is 0 Å². The van der Waals surface area contributed by atoms with E-state index in [1.807, 2.05) is 13.0 Å². The molecule has 0 aliphatic heterocycles. The lowest BCUT2D eigenvalue weighted by Crippen LogP contribution is -2.06. The predicted octanol–water partition coefficient (Wildman–Crippen LogP) is 4.57. The van der Waals surface area contributed by atoms with Crippen molar-refractivity contribution in [2.24, 2.45) is 0 Å². The minimum absolute atomic E-state index is 0.211. The molecular formula is C19H18O3. The van der Waals surface area contributed by atoms with Gasteiger partial charge in [0.15, 0.2) is 0 Å². The topological polar surface area (TPSA) is 39.4 Å². The van der Waals surface area contributed by atoms with E-state index in [1.165, 1.54) is 23.8 Å². The maximum Gasteiger partial charge on any atom is 0.310 e. The van der Waals surface area contributed by atoms with E-state index < -0.39 is 0 Å². The van der Waals surface area contributed by atoms with Gasteiger partial charge in [0.05, 0.1) is 19.3 Å². The molecule has 0 unspecified atom stereocenters. The summed E-state index contributed by atoms with van der Waals surface area (Å²) >= 11 is 0. The first kappa shape index (κ1) is 13.4. The van der Waals surface area contributed by atoms with Gasteiger partial charge in [0.2, 0.25) is 0 Å². The van der Waals surface area contributed by atoms with Crippen molar-refractivity contribution in [1.82, 2.24) is 0 Å². The summed E-state index contributed by atoms with van der Waals surface area (Å²) in [5.41, 5.74) is 3.14. The lowest BCUT2D eigenvalue weighted by molar-refractivity contribution is -0.142. The van der Waals surface area contributed by atoms with E-state index in [0.29, 0.717) is 6.61 Å². The average molecular weight is 294 g/mol. The van der Waals surface area contributed by atoms with Gasteiger partial charge in [-0.1, -0.05) is 24.3 Å². The van der Waals surface area contributed by atoms with E-state index in [1.54, 1.807) is 6.26 Å². The summed E-state index contributed by atoms with van der Waals surface area (Å²) in [7, 11) is 0. The highest BCUT2D eigenvalue weighted by Crippen LogP contribution is 2.41. The smallest absolute Gasteiger partial charge is 0.310 e. The zero-order valence-electron chi connectivity index (χ0n) is 12.6. The Labute approximate surface area is 128 Å². The number of furan rings is 1. The zero-order valence-corrected chi connectivity index (χ0v) is 12.6. The Morgan fingerprint density at radius 2 is 2.14 bits per heavy atom. The summed E-state index contributed by atoms with van der Waals surface area (Å²) in [6.07, 6.45) is 4.53. The molecule has 112 valence electrons. The van der Waals surface area contributed by atoms with Crippen LogP contribution in [-0.2, 0) is 16.0 Å². The molecule has 3 heteroatoms. The van der Waals surface area contributed by atoms with Gasteiger partial charge in [0.1, 0.15) is 5.58 Å². The Hall–Kier alpha value is -2.29. The van der Waals surface area contributed by atoms with Gasteiger partial charge in [-0.05, 0) is 48.1 Å². The van der Waals surface area contributed by atoms with Gasteiger partial charge in [0, 0.05) is 10.9 Å². The van der Waals surface area contributed by atoms with Crippen LogP contribution in [-0.4, -0.2) is 12.6 Å². The maximum absolute atomic E-state index is 11.8. The standard InChI is InChI=1S/C19H18O3/c1-2-21-18(20)10-15-11-22-17-8-6-14-9-13(12-3-4-12)5-7-16(14)19(15)17/h5-9,11-12H,2-4,10H2,1H3. The summed E-state index contributed by atoms with van der Waals surface area (Å²) in [5.74, 6) is 0.528. The SMILES string of the molecule is CCOC(=O)Cc1coc2ccc3cc(C4CC4)ccc3c12. The molecule has 1 aromatic heterocycles. The largest absolute Gasteiger partial charge is 0.466 e. The number of fused-ring (bicyclic) bond motifs is 3. The van der Waals surface area contributed by atoms with E-state index in [2.05, 4.69) is 24.3 Å². The summed E-state index contributed by atoms with van der Waals surface area (Å²) in [4.78, 5) is 11.8. The molecule has 0 spiro atoms. The number of benzene rings is 2. The summed E-state index contributed by atoms with van der Waals surface area (Å²) < 4.78 is 10.7. The first-order chi connectivity index (χ1) is 10.8. The first-order valence-electron chi connectivity index (χ1n) is 7.84. The van der Waals surface area contributed by atoms with Crippen molar-refractivity contribution in [2.75, 3.05) is 6.61 Å². The third-order valence-corrected chi connectivity index (χ3v) is 4.34. The van der Waals surface area contributed by atoms with Crippen molar-refractivity contribution >= 4 is 27.7 Å². The van der Waals surface area contributed by atoms with Crippen LogP contribution in [0.15, 0.2) is 41.0 Å². The molecule has 1 aliphatic rings. The average Bonchev–Trinajstić information content (AvgIpc) is 3.29. The van der Waals surface area contributed by atoms with E-state index in [0.717, 1.165) is 27.8 Å². The third kappa shape index (κ3) is 2.27. The van der Waals surface area contributed by atoms with Crippen LogP contribution >= 0.6 is 0 Å². The van der Waals surface area contributed by atoms with E-state index in [4.69, 9.17) is 9.15 Å². The number of rotatable bonds is 4. The lowest BCUT2D eigenvalue weighted by Gasteiger charge is -2.05. The Kier molecular flexibility index (Phi) is 3.14. The molecular weight excluding hydrogens is 276 g/mol. The number of carbonyl (C=O) groups is 1. The first-order valence-corrected chi connectivity index (χ1v) is 7.84. The van der Waals surface area contributed by atoms with Crippen molar-refractivity contribution in [3.63, 3.8) is 0 Å². The zero-order chi connectivity index (χ0) is 15.1. The van der Waals surface area contributed by atoms with Crippen molar-refractivity contribution in [3.05, 3.63) is 47.7 Å². The molecule has 1 heterocycles. The summed E-state index contributed by atoms with van der Waals surface area (Å²) in [5, 5.41) is 3.39. The Morgan fingerprint density at radius 1 is 1.27 bits per heavy atom. The van der Waals surface area contributed by atoms with Crippen molar-refractivity contribution in [3.8, 4) is 0 Å². The van der Waals surface area contributed by atoms with E-state index in [-0.39, 0.29) is 12.4 Å². The number of hydrogen-bond donors (Lipinski definition) is 0. The van der Waals surface area contributed by atoms with Crippen molar-refractivity contribution in [2.45, 2.75) is 32.1 Å².